The van der Waals surface area contributed by atoms with Gasteiger partial charge < -0.3 is 0 Å². The molecule has 0 saturated carbocycles. The minimum atomic E-state index is -1.73. The lowest BCUT2D eigenvalue weighted by molar-refractivity contribution is 0.138. The number of alkyl halides is 2. The van der Waals surface area contributed by atoms with E-state index in [0.717, 1.165) is 0 Å². The van der Waals surface area contributed by atoms with Crippen LogP contribution in [0.15, 0.2) is 0 Å². The Morgan fingerprint density at radius 3 is 1.80 bits per heavy atom. The molecule has 0 fully saturated rings. The van der Waals surface area contributed by atoms with E-state index in [1.165, 1.54) is 20.8 Å². The van der Waals surface area contributed by atoms with Crippen LogP contribution in [0.25, 0.3) is 0 Å². The maximum Gasteiger partial charge on any atom is 0.159 e. The van der Waals surface area contributed by atoms with E-state index in [1.807, 2.05) is 0 Å². The highest BCUT2D eigenvalue weighted by Crippen LogP contribution is 2.09. The smallest absolute Gasteiger partial charge is 0.159 e. The lowest BCUT2D eigenvalue weighted by Crippen LogP contribution is -2.42. The summed E-state index contributed by atoms with van der Waals surface area (Å²) in [5, 5.41) is 2.31. The van der Waals surface area contributed by atoms with Gasteiger partial charge in [0.25, 0.3) is 0 Å². The molecule has 3 heteroatoms. The summed E-state index contributed by atoms with van der Waals surface area (Å²) in [6.07, 6.45) is 0. The number of hydrogen-bond donors (Lipinski definition) is 1. The average molecular weight is 150 g/mol. The predicted molar refractivity (Wildman–Crippen MR) is 38.1 cm³/mol. The Morgan fingerprint density at radius 2 is 1.70 bits per heavy atom. The largest absolute Gasteiger partial charge is 0.282 e. The molecule has 0 unspecified atom stereocenters. The monoisotopic (exact) mass is 150 g/mol. The van der Waals surface area contributed by atoms with Crippen LogP contribution in [0.5, 0.6) is 0 Å². The number of nitrogens with one attached hydrogen (secondary N) is 1. The molecule has 1 radical (unpaired) electrons. The van der Waals surface area contributed by atoms with E-state index in [0.29, 0.717) is 0 Å². The van der Waals surface area contributed by atoms with Gasteiger partial charge in [0.1, 0.15) is 5.67 Å². The van der Waals surface area contributed by atoms with E-state index < -0.39 is 11.5 Å². The molecule has 0 amide bonds. The Bertz CT molecular complexity index is 85.2. The lowest BCUT2D eigenvalue weighted by Gasteiger charge is -2.21. The van der Waals surface area contributed by atoms with Gasteiger partial charge in [-0.25, -0.2) is 8.78 Å². The maximum atomic E-state index is 12.7. The molecule has 0 heterocycles. The van der Waals surface area contributed by atoms with Crippen LogP contribution in [0.4, 0.5) is 8.78 Å². The molecule has 0 aliphatic rings. The van der Waals surface area contributed by atoms with Crippen LogP contribution in [0.3, 0.4) is 0 Å². The first-order valence-corrected chi connectivity index (χ1v) is 3.19. The van der Waals surface area contributed by atoms with E-state index in [-0.39, 0.29) is 6.54 Å². The van der Waals surface area contributed by atoms with Gasteiger partial charge in [-0.1, -0.05) is 0 Å². The zero-order valence-corrected chi connectivity index (χ0v) is 6.67. The lowest BCUT2D eigenvalue weighted by atomic mass is 10.1. The summed E-state index contributed by atoms with van der Waals surface area (Å²) in [4.78, 5) is 0. The summed E-state index contributed by atoms with van der Waals surface area (Å²) < 4.78 is 25.2. The molecule has 0 aromatic rings. The maximum absolute atomic E-state index is 12.7. The van der Waals surface area contributed by atoms with Crippen molar-refractivity contribution in [2.24, 2.45) is 0 Å². The first-order chi connectivity index (χ1) is 4.21. The first kappa shape index (κ1) is 9.82. The van der Waals surface area contributed by atoms with Gasteiger partial charge in [-0.3, -0.25) is 5.32 Å². The van der Waals surface area contributed by atoms with Gasteiger partial charge in [0, 0.05) is 6.54 Å². The zero-order chi connectivity index (χ0) is 8.41. The van der Waals surface area contributed by atoms with E-state index in [9.17, 15) is 8.78 Å². The highest BCUT2D eigenvalue weighted by Gasteiger charge is 2.21. The van der Waals surface area contributed by atoms with Gasteiger partial charge in [0.2, 0.25) is 0 Å². The molecule has 0 rings (SSSR count). The second-order valence-corrected chi connectivity index (χ2v) is 3.27. The van der Waals surface area contributed by atoms with E-state index >= 15 is 0 Å². The zero-order valence-electron chi connectivity index (χ0n) is 6.67. The summed E-state index contributed by atoms with van der Waals surface area (Å²) in [6.45, 7) is 7.11. The summed E-state index contributed by atoms with van der Waals surface area (Å²) in [7, 11) is 0. The molecule has 0 aliphatic heterocycles. The molecular weight excluding hydrogens is 136 g/mol. The molecule has 0 saturated heterocycles. The van der Waals surface area contributed by atoms with Gasteiger partial charge in [0.05, 0.1) is 0 Å². The highest BCUT2D eigenvalue weighted by atomic mass is 19.1. The van der Waals surface area contributed by atoms with Crippen molar-refractivity contribution in [3.8, 4) is 0 Å². The minimum absolute atomic E-state index is 0.0243. The Morgan fingerprint density at radius 1 is 1.30 bits per heavy atom. The summed E-state index contributed by atoms with van der Waals surface area (Å²) in [5.41, 5.74) is -1.38. The van der Waals surface area contributed by atoms with Crippen molar-refractivity contribution < 1.29 is 8.78 Å². The molecule has 0 spiro atoms. The van der Waals surface area contributed by atoms with E-state index in [4.69, 9.17) is 0 Å². The van der Waals surface area contributed by atoms with Crippen molar-refractivity contribution in [1.82, 2.24) is 5.32 Å². The van der Waals surface area contributed by atoms with Crippen LogP contribution in [0.2, 0.25) is 0 Å². The summed E-state index contributed by atoms with van der Waals surface area (Å²) in [6, 6.07) is 0. The molecule has 10 heavy (non-hydrogen) atoms. The average Bonchev–Trinajstić information content (AvgIpc) is 1.57. The standard InChI is InChI=1S/C7H14F2N/c1-6(2,8)5-10-7(3,4)9/h10H,3,5H2,1-2,4H3/t7-/m0/s1. The molecule has 0 aromatic heterocycles. The number of halogens is 2. The van der Waals surface area contributed by atoms with E-state index in [2.05, 4.69) is 12.2 Å². The third-order valence-corrected chi connectivity index (χ3v) is 0.877. The highest BCUT2D eigenvalue weighted by molar-refractivity contribution is 4.78. The van der Waals surface area contributed by atoms with Crippen molar-refractivity contribution in [2.75, 3.05) is 6.54 Å². The second kappa shape index (κ2) is 2.82. The summed E-state index contributed by atoms with van der Waals surface area (Å²) in [5.74, 6) is -1.73. The Kier molecular flexibility index (Phi) is 2.77. The second-order valence-electron chi connectivity index (χ2n) is 3.27. The van der Waals surface area contributed by atoms with Crippen molar-refractivity contribution >= 4 is 0 Å². The van der Waals surface area contributed by atoms with Gasteiger partial charge in [0.15, 0.2) is 5.79 Å². The van der Waals surface area contributed by atoms with Gasteiger partial charge >= 0.3 is 0 Å². The van der Waals surface area contributed by atoms with Crippen LogP contribution in [-0.4, -0.2) is 18.0 Å². The van der Waals surface area contributed by atoms with E-state index in [1.54, 1.807) is 0 Å². The SMILES string of the molecule is [CH2][C@](C)(F)NCC(C)(C)F. The van der Waals surface area contributed by atoms with Crippen molar-refractivity contribution in [2.45, 2.75) is 32.2 Å². The first-order valence-electron chi connectivity index (χ1n) is 3.19. The molecule has 1 nitrogen and oxygen atoms in total. The van der Waals surface area contributed by atoms with Crippen LogP contribution in [0, 0.1) is 6.92 Å². The molecular formula is C7H14F2N. The fourth-order valence-electron chi connectivity index (χ4n) is 0.394. The van der Waals surface area contributed by atoms with Gasteiger partial charge in [-0.2, -0.15) is 0 Å². The molecule has 61 valence electrons. The van der Waals surface area contributed by atoms with Gasteiger partial charge in [-0.05, 0) is 27.7 Å². The number of rotatable bonds is 3. The Balaban J connectivity index is 3.56. The normalized spacial score (nSPS) is 13.8. The van der Waals surface area contributed by atoms with Crippen LogP contribution < -0.4 is 5.32 Å². The Hall–Kier alpha value is -0.180. The fourth-order valence-corrected chi connectivity index (χ4v) is 0.394. The fraction of sp³-hybridized carbons (Fsp3) is 0.857. The molecule has 1 atom stereocenters. The summed E-state index contributed by atoms with van der Waals surface area (Å²) >= 11 is 0. The molecule has 0 bridgehead atoms. The number of hydrogen-bond acceptors (Lipinski definition) is 1. The van der Waals surface area contributed by atoms with Crippen molar-refractivity contribution in [3.63, 3.8) is 0 Å². The predicted octanol–water partition coefficient (Wildman–Crippen LogP) is 1.84. The topological polar surface area (TPSA) is 12.0 Å². The molecule has 0 aromatic carbocycles. The third kappa shape index (κ3) is 7.82. The van der Waals surface area contributed by atoms with Crippen LogP contribution in [0.1, 0.15) is 20.8 Å². The van der Waals surface area contributed by atoms with Crippen molar-refractivity contribution in [3.05, 3.63) is 6.92 Å². The van der Waals surface area contributed by atoms with Gasteiger partial charge in [-0.15, -0.1) is 0 Å². The third-order valence-electron chi connectivity index (χ3n) is 0.877. The quantitative estimate of drug-likeness (QED) is 0.605. The van der Waals surface area contributed by atoms with Crippen LogP contribution in [-0.2, 0) is 0 Å². The van der Waals surface area contributed by atoms with Crippen LogP contribution >= 0.6 is 0 Å². The minimum Gasteiger partial charge on any atom is -0.282 e. The molecule has 0 aliphatic carbocycles. The molecule has 1 N–H and O–H groups in total. The van der Waals surface area contributed by atoms with Crippen molar-refractivity contribution in [1.29, 1.82) is 0 Å². The Labute approximate surface area is 60.8 Å².